The van der Waals surface area contributed by atoms with Crippen molar-refractivity contribution in [1.82, 2.24) is 0 Å². The number of unbranched alkanes of at least 4 members (excludes halogenated alkanes) is 8. The van der Waals surface area contributed by atoms with Gasteiger partial charge in [-0.2, -0.15) is 0 Å². The van der Waals surface area contributed by atoms with Gasteiger partial charge in [0.15, 0.2) is 0 Å². The van der Waals surface area contributed by atoms with Crippen LogP contribution in [0.15, 0.2) is 0 Å². The molecule has 0 N–H and O–H groups in total. The molecule has 0 spiro atoms. The van der Waals surface area contributed by atoms with E-state index in [0.29, 0.717) is 13.2 Å². The molecule has 158 valence electrons. The predicted octanol–water partition coefficient (Wildman–Crippen LogP) is 4.93. The Morgan fingerprint density at radius 3 is 1.50 bits per heavy atom. The van der Waals surface area contributed by atoms with E-state index in [0.717, 1.165) is 32.3 Å². The molecule has 0 amide bonds. The van der Waals surface area contributed by atoms with Crippen LogP contribution in [0.5, 0.6) is 0 Å². The molecule has 6 heteroatoms. The van der Waals surface area contributed by atoms with Gasteiger partial charge >= 0.3 is 8.56 Å². The molecule has 0 aliphatic carbocycles. The third kappa shape index (κ3) is 17.4. The van der Waals surface area contributed by atoms with E-state index >= 15 is 0 Å². The summed E-state index contributed by atoms with van der Waals surface area (Å²) < 4.78 is 27.0. The van der Waals surface area contributed by atoms with Crippen LogP contribution in [0.2, 0.25) is 12.6 Å². The standard InChI is InChI=1S/C20H44O5Si/c1-21-18-19-25-17-14-16-24-15-12-10-8-6-5-7-9-11-13-20-26(4,22-2)23-3/h5-20H2,1-4H3. The zero-order valence-electron chi connectivity index (χ0n) is 17.9. The number of rotatable bonds is 21. The van der Waals surface area contributed by atoms with Crippen LogP contribution in [0.25, 0.3) is 0 Å². The van der Waals surface area contributed by atoms with Crippen LogP contribution in [0.1, 0.15) is 64.2 Å². The van der Waals surface area contributed by atoms with Gasteiger partial charge in [0.2, 0.25) is 0 Å². The average Bonchev–Trinajstić information content (AvgIpc) is 2.66. The summed E-state index contributed by atoms with van der Waals surface area (Å²) in [5.74, 6) is 0. The normalized spacial score (nSPS) is 12.0. The lowest BCUT2D eigenvalue weighted by Gasteiger charge is -2.22. The van der Waals surface area contributed by atoms with Gasteiger partial charge in [0.1, 0.15) is 0 Å². The van der Waals surface area contributed by atoms with Gasteiger partial charge in [0, 0.05) is 41.2 Å². The third-order valence-corrected chi connectivity index (χ3v) is 7.78. The predicted molar refractivity (Wildman–Crippen MR) is 110 cm³/mol. The highest BCUT2D eigenvalue weighted by molar-refractivity contribution is 6.65. The van der Waals surface area contributed by atoms with Gasteiger partial charge < -0.3 is 23.1 Å². The van der Waals surface area contributed by atoms with Crippen molar-refractivity contribution in [1.29, 1.82) is 0 Å². The van der Waals surface area contributed by atoms with Crippen LogP contribution in [0, 0.1) is 0 Å². The van der Waals surface area contributed by atoms with E-state index in [1.54, 1.807) is 21.3 Å². The highest BCUT2D eigenvalue weighted by Gasteiger charge is 2.27. The first-order chi connectivity index (χ1) is 12.7. The molecule has 0 aromatic rings. The summed E-state index contributed by atoms with van der Waals surface area (Å²) in [6.45, 7) is 5.96. The summed E-state index contributed by atoms with van der Waals surface area (Å²) in [4.78, 5) is 0. The molecular weight excluding hydrogens is 348 g/mol. The molecule has 0 rings (SSSR count). The van der Waals surface area contributed by atoms with Crippen molar-refractivity contribution >= 4 is 8.56 Å². The van der Waals surface area contributed by atoms with E-state index in [1.807, 2.05) is 0 Å². The zero-order chi connectivity index (χ0) is 19.3. The van der Waals surface area contributed by atoms with Gasteiger partial charge in [-0.25, -0.2) is 0 Å². The van der Waals surface area contributed by atoms with E-state index in [2.05, 4.69) is 6.55 Å². The van der Waals surface area contributed by atoms with Crippen LogP contribution in [-0.2, 0) is 23.1 Å². The van der Waals surface area contributed by atoms with Gasteiger partial charge in [0.05, 0.1) is 13.2 Å². The zero-order valence-corrected chi connectivity index (χ0v) is 18.9. The summed E-state index contributed by atoms with van der Waals surface area (Å²) in [5, 5.41) is 0. The summed E-state index contributed by atoms with van der Waals surface area (Å²) in [6, 6.07) is 1.11. The second kappa shape index (κ2) is 19.8. The first kappa shape index (κ1) is 26.0. The Hall–Kier alpha value is 0.0169. The van der Waals surface area contributed by atoms with Crippen molar-refractivity contribution in [2.24, 2.45) is 0 Å². The molecule has 0 fully saturated rings. The minimum absolute atomic E-state index is 0.670. The molecule has 0 atom stereocenters. The Bertz CT molecular complexity index is 275. The molecule has 0 unspecified atom stereocenters. The number of hydrogen-bond acceptors (Lipinski definition) is 5. The van der Waals surface area contributed by atoms with Crippen molar-refractivity contribution in [3.05, 3.63) is 0 Å². The molecule has 0 aliphatic heterocycles. The monoisotopic (exact) mass is 392 g/mol. The highest BCUT2D eigenvalue weighted by Crippen LogP contribution is 2.17. The fraction of sp³-hybridized carbons (Fsp3) is 1.00. The fourth-order valence-corrected chi connectivity index (χ4v) is 4.25. The summed E-state index contributed by atoms with van der Waals surface area (Å²) in [5.41, 5.74) is 0. The average molecular weight is 393 g/mol. The van der Waals surface area contributed by atoms with Crippen molar-refractivity contribution in [3.8, 4) is 0 Å². The van der Waals surface area contributed by atoms with E-state index in [1.165, 1.54) is 57.8 Å². The van der Waals surface area contributed by atoms with Gasteiger partial charge in [-0.1, -0.05) is 51.4 Å². The van der Waals surface area contributed by atoms with E-state index in [-0.39, 0.29) is 0 Å². The minimum Gasteiger partial charge on any atom is -0.398 e. The molecule has 0 saturated carbocycles. The van der Waals surface area contributed by atoms with Crippen LogP contribution in [0.4, 0.5) is 0 Å². The molecule has 0 aliphatic rings. The molecule has 26 heavy (non-hydrogen) atoms. The highest BCUT2D eigenvalue weighted by atomic mass is 28.4. The fourth-order valence-electron chi connectivity index (χ4n) is 2.78. The van der Waals surface area contributed by atoms with Crippen LogP contribution in [0.3, 0.4) is 0 Å². The van der Waals surface area contributed by atoms with E-state index in [9.17, 15) is 0 Å². The van der Waals surface area contributed by atoms with Crippen molar-refractivity contribution < 1.29 is 23.1 Å². The molecule has 0 bridgehead atoms. The van der Waals surface area contributed by atoms with E-state index in [4.69, 9.17) is 23.1 Å². The Morgan fingerprint density at radius 1 is 0.500 bits per heavy atom. The molecule has 0 radical (unpaired) electrons. The second-order valence-electron chi connectivity index (χ2n) is 7.05. The number of methoxy groups -OCH3 is 1. The lowest BCUT2D eigenvalue weighted by molar-refractivity contribution is 0.0508. The molecule has 5 nitrogen and oxygen atoms in total. The van der Waals surface area contributed by atoms with Gasteiger partial charge in [-0.15, -0.1) is 0 Å². The first-order valence-corrected chi connectivity index (χ1v) is 13.0. The topological polar surface area (TPSA) is 46.2 Å². The van der Waals surface area contributed by atoms with Gasteiger partial charge in [-0.05, 0) is 25.4 Å². The van der Waals surface area contributed by atoms with Crippen LogP contribution in [-0.4, -0.2) is 62.9 Å². The molecule has 0 saturated heterocycles. The summed E-state index contributed by atoms with van der Waals surface area (Å²) in [6.07, 6.45) is 12.7. The van der Waals surface area contributed by atoms with Crippen molar-refractivity contribution in [3.63, 3.8) is 0 Å². The molecule has 0 heterocycles. The smallest absolute Gasteiger partial charge is 0.334 e. The Morgan fingerprint density at radius 2 is 0.962 bits per heavy atom. The Labute approximate surface area is 163 Å². The first-order valence-electron chi connectivity index (χ1n) is 10.4. The van der Waals surface area contributed by atoms with Crippen LogP contribution >= 0.6 is 0 Å². The van der Waals surface area contributed by atoms with E-state index < -0.39 is 8.56 Å². The number of ether oxygens (including phenoxy) is 3. The van der Waals surface area contributed by atoms with Crippen LogP contribution < -0.4 is 0 Å². The van der Waals surface area contributed by atoms with Gasteiger partial charge in [-0.3, -0.25) is 0 Å². The Kier molecular flexibility index (Phi) is 19.8. The molecular formula is C20H44O5Si. The van der Waals surface area contributed by atoms with Crippen molar-refractivity contribution in [2.75, 3.05) is 54.4 Å². The summed E-state index contributed by atoms with van der Waals surface area (Å²) in [7, 11) is 3.41. The third-order valence-electron chi connectivity index (χ3n) is 4.79. The SMILES string of the molecule is COCCOCCCOCCCCCCCCCCC[Si](C)(OC)OC. The van der Waals surface area contributed by atoms with Crippen molar-refractivity contribution in [2.45, 2.75) is 76.8 Å². The maximum absolute atomic E-state index is 5.63. The largest absolute Gasteiger partial charge is 0.398 e. The second-order valence-corrected chi connectivity index (χ2v) is 10.6. The maximum Gasteiger partial charge on any atom is 0.334 e. The lowest BCUT2D eigenvalue weighted by atomic mass is 10.1. The molecule has 0 aromatic heterocycles. The minimum atomic E-state index is -1.83. The Balaban J connectivity index is 3.11. The number of hydrogen-bond donors (Lipinski definition) is 0. The molecule has 0 aromatic carbocycles. The quantitative estimate of drug-likeness (QED) is 0.205. The van der Waals surface area contributed by atoms with Gasteiger partial charge in [0.25, 0.3) is 0 Å². The maximum atomic E-state index is 5.63. The summed E-state index contributed by atoms with van der Waals surface area (Å²) >= 11 is 0. The lowest BCUT2D eigenvalue weighted by Crippen LogP contribution is -2.35.